The standard InChI is InChI=1S/C15H21N3O3/c1-10-4-5-11(8-13(10)14(19)20)16-15(21)18-7-6-12(9-18)17(2)3/h4-5,8,12H,6-7,9H2,1-3H3,(H,16,21)(H,19,20). The molecule has 21 heavy (non-hydrogen) atoms. The lowest BCUT2D eigenvalue weighted by Crippen LogP contribution is -2.36. The number of carbonyl (C=O) groups excluding carboxylic acids is 1. The van der Waals surface area contributed by atoms with Gasteiger partial charge in [0.1, 0.15) is 0 Å². The minimum Gasteiger partial charge on any atom is -0.478 e. The lowest BCUT2D eigenvalue weighted by Gasteiger charge is -2.21. The number of nitrogens with one attached hydrogen (secondary N) is 1. The average molecular weight is 291 g/mol. The number of amides is 2. The molecule has 0 radical (unpaired) electrons. The van der Waals surface area contributed by atoms with Gasteiger partial charge in [0.2, 0.25) is 0 Å². The molecule has 1 atom stereocenters. The van der Waals surface area contributed by atoms with E-state index in [1.807, 2.05) is 14.1 Å². The highest BCUT2D eigenvalue weighted by atomic mass is 16.4. The number of carbonyl (C=O) groups is 2. The number of likely N-dealkylation sites (tertiary alicyclic amines) is 1. The number of urea groups is 1. The first kappa shape index (κ1) is 15.3. The minimum atomic E-state index is -0.988. The molecule has 1 fully saturated rings. The summed E-state index contributed by atoms with van der Waals surface area (Å²) in [5, 5.41) is 11.9. The molecule has 0 saturated carbocycles. The van der Waals surface area contributed by atoms with E-state index in [2.05, 4.69) is 10.2 Å². The van der Waals surface area contributed by atoms with E-state index < -0.39 is 5.97 Å². The zero-order valence-electron chi connectivity index (χ0n) is 12.6. The third-order valence-corrected chi connectivity index (χ3v) is 3.90. The van der Waals surface area contributed by atoms with Crippen molar-refractivity contribution in [3.8, 4) is 0 Å². The summed E-state index contributed by atoms with van der Waals surface area (Å²) >= 11 is 0. The Labute approximate surface area is 124 Å². The zero-order valence-corrected chi connectivity index (χ0v) is 12.6. The highest BCUT2D eigenvalue weighted by Gasteiger charge is 2.27. The van der Waals surface area contributed by atoms with Crippen molar-refractivity contribution in [2.45, 2.75) is 19.4 Å². The van der Waals surface area contributed by atoms with Gasteiger partial charge in [0.15, 0.2) is 0 Å². The van der Waals surface area contributed by atoms with Crippen LogP contribution in [0, 0.1) is 6.92 Å². The molecule has 6 heteroatoms. The Morgan fingerprint density at radius 1 is 1.38 bits per heavy atom. The van der Waals surface area contributed by atoms with Gasteiger partial charge in [0.05, 0.1) is 5.56 Å². The summed E-state index contributed by atoms with van der Waals surface area (Å²) in [5.74, 6) is -0.988. The Kier molecular flexibility index (Phi) is 4.47. The number of rotatable bonds is 3. The fourth-order valence-electron chi connectivity index (χ4n) is 2.48. The molecule has 2 amide bonds. The highest BCUT2D eigenvalue weighted by molar-refractivity contribution is 5.94. The summed E-state index contributed by atoms with van der Waals surface area (Å²) in [5.41, 5.74) is 1.39. The van der Waals surface area contributed by atoms with Crippen LogP contribution < -0.4 is 5.32 Å². The maximum Gasteiger partial charge on any atom is 0.336 e. The quantitative estimate of drug-likeness (QED) is 0.891. The van der Waals surface area contributed by atoms with Gasteiger partial charge in [-0.05, 0) is 45.1 Å². The maximum atomic E-state index is 12.2. The van der Waals surface area contributed by atoms with E-state index in [1.165, 1.54) is 6.07 Å². The Hall–Kier alpha value is -2.08. The first-order chi connectivity index (χ1) is 9.88. The summed E-state index contributed by atoms with van der Waals surface area (Å²) < 4.78 is 0. The molecule has 0 bridgehead atoms. The van der Waals surface area contributed by atoms with Crippen LogP contribution in [0.15, 0.2) is 18.2 Å². The molecular weight excluding hydrogens is 270 g/mol. The second kappa shape index (κ2) is 6.13. The van der Waals surface area contributed by atoms with Crippen LogP contribution in [0.25, 0.3) is 0 Å². The normalized spacial score (nSPS) is 18.1. The molecule has 1 aromatic rings. The van der Waals surface area contributed by atoms with Crippen molar-refractivity contribution in [2.75, 3.05) is 32.5 Å². The number of benzene rings is 1. The fourth-order valence-corrected chi connectivity index (χ4v) is 2.48. The first-order valence-corrected chi connectivity index (χ1v) is 6.95. The van der Waals surface area contributed by atoms with Crippen LogP contribution in [-0.4, -0.2) is 60.1 Å². The number of likely N-dealkylation sites (N-methyl/N-ethyl adjacent to an activating group) is 1. The summed E-state index contributed by atoms with van der Waals surface area (Å²) in [6.07, 6.45) is 0.953. The number of aryl methyl sites for hydroxylation is 1. The second-order valence-electron chi connectivity index (χ2n) is 5.62. The van der Waals surface area contributed by atoms with Crippen molar-refractivity contribution in [1.82, 2.24) is 9.80 Å². The van der Waals surface area contributed by atoms with Crippen molar-refractivity contribution in [3.63, 3.8) is 0 Å². The van der Waals surface area contributed by atoms with Gasteiger partial charge in [-0.15, -0.1) is 0 Å². The van der Waals surface area contributed by atoms with Crippen LogP contribution in [0.3, 0.4) is 0 Å². The van der Waals surface area contributed by atoms with Gasteiger partial charge >= 0.3 is 12.0 Å². The SMILES string of the molecule is Cc1ccc(NC(=O)N2CCC(N(C)C)C2)cc1C(=O)O. The number of carboxylic acid groups (broad SMARTS) is 1. The largest absolute Gasteiger partial charge is 0.478 e. The van der Waals surface area contributed by atoms with Crippen LogP contribution in [0.5, 0.6) is 0 Å². The van der Waals surface area contributed by atoms with E-state index >= 15 is 0 Å². The minimum absolute atomic E-state index is 0.181. The van der Waals surface area contributed by atoms with Crippen LogP contribution >= 0.6 is 0 Å². The third-order valence-electron chi connectivity index (χ3n) is 3.90. The van der Waals surface area contributed by atoms with Crippen molar-refractivity contribution >= 4 is 17.7 Å². The summed E-state index contributed by atoms with van der Waals surface area (Å²) in [6.45, 7) is 3.14. The molecule has 2 N–H and O–H groups in total. The number of carboxylic acids is 1. The van der Waals surface area contributed by atoms with Crippen LogP contribution in [0.1, 0.15) is 22.3 Å². The molecule has 1 saturated heterocycles. The van der Waals surface area contributed by atoms with Gasteiger partial charge in [0.25, 0.3) is 0 Å². The molecule has 1 aliphatic rings. The van der Waals surface area contributed by atoms with Gasteiger partial charge in [-0.25, -0.2) is 9.59 Å². The molecular formula is C15H21N3O3. The van der Waals surface area contributed by atoms with Crippen molar-refractivity contribution < 1.29 is 14.7 Å². The second-order valence-corrected chi connectivity index (χ2v) is 5.62. The molecule has 114 valence electrons. The van der Waals surface area contributed by atoms with E-state index in [0.717, 1.165) is 6.42 Å². The van der Waals surface area contributed by atoms with Crippen LogP contribution in [-0.2, 0) is 0 Å². The molecule has 1 aromatic carbocycles. The fraction of sp³-hybridized carbons (Fsp3) is 0.467. The highest BCUT2D eigenvalue weighted by Crippen LogP contribution is 2.18. The summed E-state index contributed by atoms with van der Waals surface area (Å²) in [4.78, 5) is 27.2. The molecule has 0 aliphatic carbocycles. The van der Waals surface area contributed by atoms with E-state index in [1.54, 1.807) is 24.0 Å². The van der Waals surface area contributed by atoms with Gasteiger partial charge in [-0.1, -0.05) is 6.07 Å². The molecule has 0 spiro atoms. The monoisotopic (exact) mass is 291 g/mol. The molecule has 1 aliphatic heterocycles. The van der Waals surface area contributed by atoms with Crippen LogP contribution in [0.2, 0.25) is 0 Å². The van der Waals surface area contributed by atoms with E-state index in [4.69, 9.17) is 5.11 Å². The van der Waals surface area contributed by atoms with Crippen molar-refractivity contribution in [1.29, 1.82) is 0 Å². The number of aromatic carboxylic acids is 1. The first-order valence-electron chi connectivity index (χ1n) is 6.95. The van der Waals surface area contributed by atoms with E-state index in [0.29, 0.717) is 30.4 Å². The molecule has 6 nitrogen and oxygen atoms in total. The molecule has 1 heterocycles. The molecule has 0 aromatic heterocycles. The Balaban J connectivity index is 2.04. The Morgan fingerprint density at radius 2 is 2.10 bits per heavy atom. The van der Waals surface area contributed by atoms with Gasteiger partial charge in [-0.3, -0.25) is 0 Å². The molecule has 1 unspecified atom stereocenters. The number of nitrogens with zero attached hydrogens (tertiary/aromatic N) is 2. The number of anilines is 1. The lowest BCUT2D eigenvalue weighted by molar-refractivity contribution is 0.0696. The molecule has 2 rings (SSSR count). The van der Waals surface area contributed by atoms with Crippen molar-refractivity contribution in [2.24, 2.45) is 0 Å². The van der Waals surface area contributed by atoms with Crippen molar-refractivity contribution in [3.05, 3.63) is 29.3 Å². The smallest absolute Gasteiger partial charge is 0.336 e. The van der Waals surface area contributed by atoms with Gasteiger partial charge in [0, 0.05) is 24.8 Å². The Bertz CT molecular complexity index is 557. The topological polar surface area (TPSA) is 72.9 Å². The number of hydrogen-bond donors (Lipinski definition) is 2. The number of hydrogen-bond acceptors (Lipinski definition) is 3. The Morgan fingerprint density at radius 3 is 2.67 bits per heavy atom. The van der Waals surface area contributed by atoms with Gasteiger partial charge in [-0.2, -0.15) is 0 Å². The average Bonchev–Trinajstić information content (AvgIpc) is 2.90. The predicted molar refractivity (Wildman–Crippen MR) is 80.8 cm³/mol. The van der Waals surface area contributed by atoms with Crippen LogP contribution in [0.4, 0.5) is 10.5 Å². The zero-order chi connectivity index (χ0) is 15.6. The van der Waals surface area contributed by atoms with E-state index in [-0.39, 0.29) is 11.6 Å². The predicted octanol–water partition coefficient (Wildman–Crippen LogP) is 1.86. The van der Waals surface area contributed by atoms with Gasteiger partial charge < -0.3 is 20.2 Å². The maximum absolute atomic E-state index is 12.2. The lowest BCUT2D eigenvalue weighted by atomic mass is 10.1. The van der Waals surface area contributed by atoms with E-state index in [9.17, 15) is 9.59 Å². The summed E-state index contributed by atoms with van der Waals surface area (Å²) in [7, 11) is 4.01. The summed E-state index contributed by atoms with van der Waals surface area (Å²) in [6, 6.07) is 5.11. The third kappa shape index (κ3) is 3.52.